The van der Waals surface area contributed by atoms with E-state index in [0.717, 1.165) is 54.6 Å². The molecule has 244 valence electrons. The van der Waals surface area contributed by atoms with Gasteiger partial charge in [0.25, 0.3) is 5.91 Å². The van der Waals surface area contributed by atoms with Gasteiger partial charge in [0, 0.05) is 75.4 Å². The molecule has 3 aliphatic rings. The quantitative estimate of drug-likeness (QED) is 0.347. The average Bonchev–Trinajstić information content (AvgIpc) is 3.81. The number of carbonyl (C=O) groups is 3. The number of hydrogen-bond donors (Lipinski definition) is 2. The summed E-state index contributed by atoms with van der Waals surface area (Å²) in [7, 11) is 0. The van der Waals surface area contributed by atoms with Gasteiger partial charge in [-0.3, -0.25) is 14.7 Å². The first-order chi connectivity index (χ1) is 22.2. The molecule has 0 spiro atoms. The maximum atomic E-state index is 14.0. The van der Waals surface area contributed by atoms with Crippen molar-refractivity contribution in [2.24, 2.45) is 5.92 Å². The lowest BCUT2D eigenvalue weighted by Gasteiger charge is -2.37. The van der Waals surface area contributed by atoms with Crippen molar-refractivity contribution in [3.63, 3.8) is 0 Å². The summed E-state index contributed by atoms with van der Waals surface area (Å²) in [5.41, 5.74) is 3.11. The fraction of sp³-hybridized carbons (Fsp3) is 0.486. The summed E-state index contributed by atoms with van der Waals surface area (Å²) in [4.78, 5) is 46.2. The molecule has 11 nitrogen and oxygen atoms in total. The Hall–Kier alpha value is -4.54. The zero-order valence-electron chi connectivity index (χ0n) is 26.7. The first-order valence-corrected chi connectivity index (χ1v) is 16.4. The molecule has 1 unspecified atom stereocenters. The van der Waals surface area contributed by atoms with Crippen molar-refractivity contribution in [2.75, 3.05) is 44.2 Å². The van der Waals surface area contributed by atoms with Crippen molar-refractivity contribution in [2.45, 2.75) is 64.1 Å². The third-order valence-corrected chi connectivity index (χ3v) is 9.30. The third kappa shape index (κ3) is 7.29. The van der Waals surface area contributed by atoms with Crippen LogP contribution in [0.4, 0.5) is 10.5 Å². The minimum Gasteiger partial charge on any atom is -0.478 e. The summed E-state index contributed by atoms with van der Waals surface area (Å²) in [5, 5.41) is 16.2. The number of piperidine rings is 1. The van der Waals surface area contributed by atoms with Crippen molar-refractivity contribution in [3.05, 3.63) is 66.5 Å². The number of nitrogens with one attached hydrogen (secondary N) is 1. The van der Waals surface area contributed by atoms with Gasteiger partial charge in [0.05, 0.1) is 12.1 Å². The Bertz CT molecular complexity index is 1520. The van der Waals surface area contributed by atoms with Crippen LogP contribution in [0.15, 0.2) is 60.9 Å². The van der Waals surface area contributed by atoms with Gasteiger partial charge in [-0.25, -0.2) is 4.79 Å². The molecule has 0 radical (unpaired) electrons. The summed E-state index contributed by atoms with van der Waals surface area (Å²) in [6, 6.07) is 16.5. The van der Waals surface area contributed by atoms with Crippen LogP contribution in [-0.2, 0) is 16.1 Å². The fourth-order valence-corrected chi connectivity index (χ4v) is 6.60. The van der Waals surface area contributed by atoms with E-state index in [1.165, 1.54) is 4.90 Å². The number of aromatic nitrogens is 2. The monoisotopic (exact) mass is 628 g/mol. The molecule has 1 atom stereocenters. The molecule has 6 rings (SSSR count). The number of rotatable bonds is 9. The highest BCUT2D eigenvalue weighted by molar-refractivity contribution is 5.85. The van der Waals surface area contributed by atoms with E-state index in [1.54, 1.807) is 24.9 Å². The van der Waals surface area contributed by atoms with E-state index in [4.69, 9.17) is 4.74 Å². The van der Waals surface area contributed by atoms with E-state index in [2.05, 4.69) is 44.3 Å². The van der Waals surface area contributed by atoms with Crippen LogP contribution in [0.3, 0.4) is 0 Å². The van der Waals surface area contributed by atoms with E-state index in [1.807, 2.05) is 30.5 Å². The number of H-pyrrole nitrogens is 1. The van der Waals surface area contributed by atoms with Crippen molar-refractivity contribution in [3.8, 4) is 16.9 Å². The Kier molecular flexibility index (Phi) is 9.19. The second kappa shape index (κ2) is 13.4. The van der Waals surface area contributed by atoms with Gasteiger partial charge in [-0.2, -0.15) is 5.10 Å². The summed E-state index contributed by atoms with van der Waals surface area (Å²) in [5.74, 6) is 0.564. The van der Waals surface area contributed by atoms with Crippen LogP contribution in [0.25, 0.3) is 11.1 Å². The highest BCUT2D eigenvalue weighted by Crippen LogP contribution is 2.34. The molecule has 2 aliphatic heterocycles. The predicted octanol–water partition coefficient (Wildman–Crippen LogP) is 4.85. The molecule has 3 aromatic rings. The topological polar surface area (TPSA) is 122 Å². The van der Waals surface area contributed by atoms with Crippen molar-refractivity contribution in [1.29, 1.82) is 0 Å². The zero-order chi connectivity index (χ0) is 32.3. The zero-order valence-corrected chi connectivity index (χ0v) is 26.7. The van der Waals surface area contributed by atoms with Gasteiger partial charge in [-0.15, -0.1) is 0 Å². The average molecular weight is 629 g/mol. The van der Waals surface area contributed by atoms with Gasteiger partial charge in [0.2, 0.25) is 5.91 Å². The van der Waals surface area contributed by atoms with E-state index in [0.29, 0.717) is 50.9 Å². The fourth-order valence-electron chi connectivity index (χ4n) is 6.60. The Labute approximate surface area is 270 Å². The number of carboxylic acid groups (broad SMARTS) is 1. The largest absolute Gasteiger partial charge is 0.478 e. The molecule has 3 amide bonds. The van der Waals surface area contributed by atoms with Gasteiger partial charge in [0.1, 0.15) is 5.75 Å². The van der Waals surface area contributed by atoms with Crippen LogP contribution in [0.5, 0.6) is 5.75 Å². The Morgan fingerprint density at radius 3 is 2.43 bits per heavy atom. The van der Waals surface area contributed by atoms with Crippen LogP contribution in [0.2, 0.25) is 0 Å². The minimum atomic E-state index is -1.13. The molecule has 3 heterocycles. The first kappa shape index (κ1) is 31.4. The second-order valence-electron chi connectivity index (χ2n) is 13.2. The number of benzene rings is 2. The Balaban J connectivity index is 1.08. The summed E-state index contributed by atoms with van der Waals surface area (Å²) in [6.45, 7) is 7.16. The highest BCUT2D eigenvalue weighted by atomic mass is 16.5. The Morgan fingerprint density at radius 2 is 1.72 bits per heavy atom. The molecule has 2 N–H and O–H groups in total. The molecule has 3 fully saturated rings. The SMILES string of the molecule is CC(C)(Oc1cccc(N2CCCC(C(=O)N(Cc3ccc(-c4cn[nH]c4)cc3)C3CC3)C2)c1)C(=O)N1CCCN(C(=O)O)CC1. The molecule has 46 heavy (non-hydrogen) atoms. The number of hydrogen-bond acceptors (Lipinski definition) is 6. The van der Waals surface area contributed by atoms with Crippen LogP contribution in [-0.4, -0.2) is 98.8 Å². The molecule has 0 bridgehead atoms. The third-order valence-electron chi connectivity index (χ3n) is 9.30. The van der Waals surface area contributed by atoms with Gasteiger partial charge < -0.3 is 29.4 Å². The van der Waals surface area contributed by atoms with E-state index in [-0.39, 0.29) is 24.3 Å². The van der Waals surface area contributed by atoms with Crippen LogP contribution in [0.1, 0.15) is 51.5 Å². The molecule has 1 saturated carbocycles. The molecule has 1 aromatic heterocycles. The maximum absolute atomic E-state index is 14.0. The number of anilines is 1. The summed E-state index contributed by atoms with van der Waals surface area (Å²) >= 11 is 0. The molecular weight excluding hydrogens is 584 g/mol. The lowest BCUT2D eigenvalue weighted by molar-refractivity contribution is -0.145. The number of nitrogens with zero attached hydrogens (tertiary/aromatic N) is 5. The van der Waals surface area contributed by atoms with Gasteiger partial charge in [-0.05, 0) is 69.2 Å². The van der Waals surface area contributed by atoms with Crippen molar-refractivity contribution >= 4 is 23.6 Å². The summed E-state index contributed by atoms with van der Waals surface area (Å²) < 4.78 is 6.29. The lowest BCUT2D eigenvalue weighted by Crippen LogP contribution is -2.50. The smallest absolute Gasteiger partial charge is 0.407 e. The summed E-state index contributed by atoms with van der Waals surface area (Å²) in [6.07, 6.45) is 7.21. The molecule has 1 aliphatic carbocycles. The number of amides is 3. The molecule has 2 aromatic carbocycles. The first-order valence-electron chi connectivity index (χ1n) is 16.4. The van der Waals surface area contributed by atoms with Crippen molar-refractivity contribution in [1.82, 2.24) is 24.9 Å². The molecule has 2 saturated heterocycles. The van der Waals surface area contributed by atoms with E-state index in [9.17, 15) is 19.5 Å². The van der Waals surface area contributed by atoms with Crippen LogP contribution >= 0.6 is 0 Å². The van der Waals surface area contributed by atoms with E-state index >= 15 is 0 Å². The number of carbonyl (C=O) groups excluding carboxylic acids is 2. The highest BCUT2D eigenvalue weighted by Gasteiger charge is 2.38. The van der Waals surface area contributed by atoms with Crippen LogP contribution in [0, 0.1) is 5.92 Å². The number of ether oxygens (including phenoxy) is 1. The van der Waals surface area contributed by atoms with Crippen LogP contribution < -0.4 is 9.64 Å². The lowest BCUT2D eigenvalue weighted by atomic mass is 9.95. The standard InChI is InChI=1S/C35H44N6O5/c1-35(2,33(43)38-16-5-17-39(19-18-38)34(44)45)46-31-8-3-7-30(20-31)40-15-4-6-27(24-40)32(42)41(29-13-14-29)23-25-9-11-26(12-10-25)28-21-36-37-22-28/h3,7-12,20-22,27,29H,4-6,13-19,23-24H2,1-2H3,(H,36,37)(H,44,45). The van der Waals surface area contributed by atoms with Crippen molar-refractivity contribution < 1.29 is 24.2 Å². The second-order valence-corrected chi connectivity index (χ2v) is 13.2. The Morgan fingerprint density at radius 1 is 0.957 bits per heavy atom. The van der Waals surface area contributed by atoms with E-state index < -0.39 is 11.7 Å². The molecular formula is C35H44N6O5. The maximum Gasteiger partial charge on any atom is 0.407 e. The minimum absolute atomic E-state index is 0.0875. The van der Waals surface area contributed by atoms with Gasteiger partial charge in [0.15, 0.2) is 5.60 Å². The normalized spacial score (nSPS) is 19.0. The number of aromatic amines is 1. The molecule has 11 heteroatoms. The van der Waals surface area contributed by atoms with Gasteiger partial charge in [-0.1, -0.05) is 30.3 Å². The predicted molar refractivity (Wildman–Crippen MR) is 174 cm³/mol. The van der Waals surface area contributed by atoms with Gasteiger partial charge >= 0.3 is 6.09 Å².